The zero-order valence-electron chi connectivity index (χ0n) is 28.2. The molecule has 4 aromatic rings. The number of hydrogen-bond donors (Lipinski definition) is 2. The standard InChI is InChI=1S/C33H42N10O4/c1-20-17-22(9-10-23(20)21(2)36-28(44)29-38-30(41-47-29)32(3,4)5)24-18-26(35-19-34-24)37-25-11-12-27(40-39-25)42-13-15-43(16-14-42)31(45)46-33(6,7)8/h9-12,17-19,21H,13-16H2,1-8H3,(H,36,44)(H,34,35,37,39). The Morgan fingerprint density at radius 2 is 1.68 bits per heavy atom. The molecule has 248 valence electrons. The molecule has 1 aromatic carbocycles. The van der Waals surface area contributed by atoms with Crippen LogP contribution in [0.1, 0.15) is 82.1 Å². The van der Waals surface area contributed by atoms with Crippen molar-refractivity contribution in [3.63, 3.8) is 0 Å². The summed E-state index contributed by atoms with van der Waals surface area (Å²) in [6.45, 7) is 17.7. The minimum atomic E-state index is -0.523. The van der Waals surface area contributed by atoms with E-state index in [4.69, 9.17) is 9.26 Å². The van der Waals surface area contributed by atoms with E-state index in [-0.39, 0.29) is 23.4 Å². The highest BCUT2D eigenvalue weighted by atomic mass is 16.6. The summed E-state index contributed by atoms with van der Waals surface area (Å²) in [5.41, 5.74) is 2.71. The summed E-state index contributed by atoms with van der Waals surface area (Å²) in [4.78, 5) is 42.0. The fourth-order valence-electron chi connectivity index (χ4n) is 5.00. The van der Waals surface area contributed by atoms with Crippen molar-refractivity contribution in [1.82, 2.24) is 40.5 Å². The van der Waals surface area contributed by atoms with E-state index >= 15 is 0 Å². The van der Waals surface area contributed by atoms with Gasteiger partial charge in [0.2, 0.25) is 0 Å². The molecule has 0 spiro atoms. The maximum absolute atomic E-state index is 12.8. The molecule has 2 N–H and O–H groups in total. The van der Waals surface area contributed by atoms with Crippen LogP contribution < -0.4 is 15.5 Å². The van der Waals surface area contributed by atoms with Gasteiger partial charge in [0.05, 0.1) is 11.7 Å². The maximum atomic E-state index is 12.8. The summed E-state index contributed by atoms with van der Waals surface area (Å²) < 4.78 is 10.7. The van der Waals surface area contributed by atoms with Gasteiger partial charge in [-0.25, -0.2) is 14.8 Å². The van der Waals surface area contributed by atoms with Gasteiger partial charge >= 0.3 is 17.9 Å². The van der Waals surface area contributed by atoms with Gasteiger partial charge in [0.25, 0.3) is 0 Å². The molecule has 1 fully saturated rings. The van der Waals surface area contributed by atoms with E-state index < -0.39 is 11.5 Å². The minimum Gasteiger partial charge on any atom is -0.444 e. The SMILES string of the molecule is Cc1cc(-c2cc(Nc3ccc(N4CCN(C(=O)OC(C)(C)C)CC4)nn3)ncn2)ccc1C(C)NC(=O)c1nc(C(C)(C)C)no1. The van der Waals surface area contributed by atoms with Gasteiger partial charge in [-0.05, 0) is 63.9 Å². The topological polar surface area (TPSA) is 164 Å². The molecule has 4 heterocycles. The van der Waals surface area contributed by atoms with Gasteiger partial charge in [0.15, 0.2) is 17.5 Å². The van der Waals surface area contributed by atoms with Crippen LogP contribution in [0.25, 0.3) is 11.3 Å². The number of carbonyl (C=O) groups excluding carboxylic acids is 2. The van der Waals surface area contributed by atoms with Crippen LogP contribution >= 0.6 is 0 Å². The molecule has 14 heteroatoms. The van der Waals surface area contributed by atoms with Crippen LogP contribution in [-0.2, 0) is 10.2 Å². The monoisotopic (exact) mass is 642 g/mol. The maximum Gasteiger partial charge on any atom is 0.410 e. The Labute approximate surface area is 274 Å². The smallest absolute Gasteiger partial charge is 0.410 e. The lowest BCUT2D eigenvalue weighted by Gasteiger charge is -2.35. The first-order valence-corrected chi connectivity index (χ1v) is 15.6. The molecule has 1 atom stereocenters. The highest BCUT2D eigenvalue weighted by Gasteiger charge is 2.27. The zero-order valence-corrected chi connectivity index (χ0v) is 28.2. The van der Waals surface area contributed by atoms with Crippen molar-refractivity contribution in [2.45, 2.75) is 72.4 Å². The van der Waals surface area contributed by atoms with Gasteiger partial charge in [-0.15, -0.1) is 10.2 Å². The molecular weight excluding hydrogens is 600 g/mol. The molecule has 47 heavy (non-hydrogen) atoms. The number of nitrogens with zero attached hydrogens (tertiary/aromatic N) is 8. The van der Waals surface area contributed by atoms with Crippen molar-refractivity contribution in [2.75, 3.05) is 36.4 Å². The number of rotatable bonds is 7. The second-order valence-electron chi connectivity index (χ2n) is 13.6. The third-order valence-corrected chi connectivity index (χ3v) is 7.50. The fraction of sp³-hybridized carbons (Fsp3) is 0.455. The second-order valence-corrected chi connectivity index (χ2v) is 13.6. The predicted molar refractivity (Wildman–Crippen MR) is 176 cm³/mol. The molecule has 5 rings (SSSR count). The quantitative estimate of drug-likeness (QED) is 0.271. The Morgan fingerprint density at radius 1 is 0.936 bits per heavy atom. The van der Waals surface area contributed by atoms with E-state index in [1.807, 2.05) is 91.8 Å². The first kappa shape index (κ1) is 33.2. The van der Waals surface area contributed by atoms with Crippen LogP contribution in [0, 0.1) is 6.92 Å². The lowest BCUT2D eigenvalue weighted by molar-refractivity contribution is 0.0240. The predicted octanol–water partition coefficient (Wildman–Crippen LogP) is 5.21. The number of aryl methyl sites for hydroxylation is 1. The number of piperazine rings is 1. The van der Waals surface area contributed by atoms with Gasteiger partial charge in [-0.2, -0.15) is 4.98 Å². The summed E-state index contributed by atoms with van der Waals surface area (Å²) in [5, 5.41) is 18.8. The van der Waals surface area contributed by atoms with Crippen molar-refractivity contribution in [3.8, 4) is 11.3 Å². The van der Waals surface area contributed by atoms with Gasteiger partial charge in [0, 0.05) is 43.2 Å². The molecule has 0 bridgehead atoms. The molecule has 2 amide bonds. The normalized spacial score (nSPS) is 14.5. The molecule has 0 radical (unpaired) electrons. The number of amides is 2. The summed E-state index contributed by atoms with van der Waals surface area (Å²) in [7, 11) is 0. The molecule has 1 saturated heterocycles. The van der Waals surface area contributed by atoms with Crippen LogP contribution in [0.2, 0.25) is 0 Å². The van der Waals surface area contributed by atoms with Crippen molar-refractivity contribution in [2.24, 2.45) is 0 Å². The van der Waals surface area contributed by atoms with Crippen molar-refractivity contribution < 1.29 is 18.8 Å². The van der Waals surface area contributed by atoms with Crippen LogP contribution in [0.3, 0.4) is 0 Å². The Kier molecular flexibility index (Phi) is 9.40. The molecule has 1 unspecified atom stereocenters. The molecule has 0 aliphatic carbocycles. The molecule has 3 aromatic heterocycles. The lowest BCUT2D eigenvalue weighted by Crippen LogP contribution is -2.50. The Hall–Kier alpha value is -5.14. The molecule has 1 aliphatic rings. The van der Waals surface area contributed by atoms with E-state index in [9.17, 15) is 9.59 Å². The Morgan fingerprint density at radius 3 is 2.30 bits per heavy atom. The van der Waals surface area contributed by atoms with E-state index in [2.05, 4.69) is 45.8 Å². The number of ether oxygens (including phenoxy) is 1. The first-order chi connectivity index (χ1) is 22.2. The van der Waals surface area contributed by atoms with Crippen molar-refractivity contribution in [1.29, 1.82) is 0 Å². The number of benzene rings is 1. The van der Waals surface area contributed by atoms with Crippen LogP contribution in [0.5, 0.6) is 0 Å². The number of anilines is 3. The fourth-order valence-corrected chi connectivity index (χ4v) is 5.00. The van der Waals surface area contributed by atoms with Gasteiger partial charge < -0.3 is 29.7 Å². The van der Waals surface area contributed by atoms with Gasteiger partial charge in [-0.3, -0.25) is 4.79 Å². The third-order valence-electron chi connectivity index (χ3n) is 7.50. The largest absolute Gasteiger partial charge is 0.444 e. The summed E-state index contributed by atoms with van der Waals surface area (Å²) >= 11 is 0. The number of nitrogens with one attached hydrogen (secondary N) is 2. The van der Waals surface area contributed by atoms with Crippen molar-refractivity contribution >= 4 is 29.5 Å². The number of carbonyl (C=O) groups is 2. The van der Waals surface area contributed by atoms with Crippen LogP contribution in [0.4, 0.5) is 22.2 Å². The number of aromatic nitrogens is 6. The summed E-state index contributed by atoms with van der Waals surface area (Å²) in [6.07, 6.45) is 1.19. The Balaban J connectivity index is 1.18. The van der Waals surface area contributed by atoms with E-state index in [0.717, 1.165) is 28.2 Å². The number of hydrogen-bond acceptors (Lipinski definition) is 12. The lowest BCUT2D eigenvalue weighted by atomic mass is 9.96. The van der Waals surface area contributed by atoms with Crippen LogP contribution in [0.15, 0.2) is 47.2 Å². The molecule has 0 saturated carbocycles. The average molecular weight is 643 g/mol. The van der Waals surface area contributed by atoms with E-state index in [1.165, 1.54) is 6.33 Å². The Bertz CT molecular complexity index is 1720. The summed E-state index contributed by atoms with van der Waals surface area (Å²) in [6, 6.07) is 11.2. The van der Waals surface area contributed by atoms with Gasteiger partial charge in [-0.1, -0.05) is 38.1 Å². The first-order valence-electron chi connectivity index (χ1n) is 15.6. The summed E-state index contributed by atoms with van der Waals surface area (Å²) in [5.74, 6) is 1.83. The third kappa shape index (κ3) is 8.37. The molecule has 14 nitrogen and oxygen atoms in total. The molecular formula is C33H42N10O4. The highest BCUT2D eigenvalue weighted by molar-refractivity contribution is 5.89. The molecule has 1 aliphatic heterocycles. The second kappa shape index (κ2) is 13.3. The zero-order chi connectivity index (χ0) is 33.9. The highest BCUT2D eigenvalue weighted by Crippen LogP contribution is 2.27. The van der Waals surface area contributed by atoms with Crippen molar-refractivity contribution in [3.05, 3.63) is 65.6 Å². The van der Waals surface area contributed by atoms with E-state index in [1.54, 1.807) is 4.90 Å². The minimum absolute atomic E-state index is 0.0606. The average Bonchev–Trinajstić information content (AvgIpc) is 3.53. The van der Waals surface area contributed by atoms with E-state index in [0.29, 0.717) is 43.6 Å². The van der Waals surface area contributed by atoms with Crippen LogP contribution in [-0.4, -0.2) is 79.0 Å². The van der Waals surface area contributed by atoms with Gasteiger partial charge in [0.1, 0.15) is 17.7 Å².